The zero-order chi connectivity index (χ0) is 12.4. The molecular formula is C13H17ClN4O. The summed E-state index contributed by atoms with van der Waals surface area (Å²) < 4.78 is 2.20. The number of benzene rings is 1. The first-order valence-corrected chi connectivity index (χ1v) is 6.22. The molecule has 0 spiro atoms. The molecule has 0 unspecified atom stereocenters. The second kappa shape index (κ2) is 6.04. The van der Waals surface area contributed by atoms with E-state index < -0.39 is 0 Å². The molecule has 19 heavy (non-hydrogen) atoms. The zero-order valence-electron chi connectivity index (χ0n) is 10.5. The largest absolute Gasteiger partial charge is 0.508 e. The first-order chi connectivity index (χ1) is 8.83. The Morgan fingerprint density at radius 2 is 1.95 bits per heavy atom. The van der Waals surface area contributed by atoms with Gasteiger partial charge in [-0.05, 0) is 17.7 Å². The predicted octanol–water partition coefficient (Wildman–Crippen LogP) is 1.14. The summed E-state index contributed by atoms with van der Waals surface area (Å²) in [7, 11) is 0. The Kier molecular flexibility index (Phi) is 4.39. The van der Waals surface area contributed by atoms with Gasteiger partial charge in [-0.2, -0.15) is 0 Å². The van der Waals surface area contributed by atoms with Crippen molar-refractivity contribution in [2.75, 3.05) is 13.1 Å². The van der Waals surface area contributed by atoms with Gasteiger partial charge in [-0.15, -0.1) is 22.6 Å². The Morgan fingerprint density at radius 3 is 2.74 bits per heavy atom. The van der Waals surface area contributed by atoms with Crippen molar-refractivity contribution in [1.82, 2.24) is 20.1 Å². The van der Waals surface area contributed by atoms with Crippen LogP contribution in [0.2, 0.25) is 0 Å². The van der Waals surface area contributed by atoms with Gasteiger partial charge >= 0.3 is 0 Å². The molecule has 102 valence electrons. The lowest BCUT2D eigenvalue weighted by Crippen LogP contribution is -2.18. The van der Waals surface area contributed by atoms with Gasteiger partial charge in [0.05, 0.1) is 0 Å². The molecule has 5 nitrogen and oxygen atoms in total. The van der Waals surface area contributed by atoms with E-state index in [-0.39, 0.29) is 12.4 Å². The highest BCUT2D eigenvalue weighted by Gasteiger charge is 2.14. The molecule has 1 aromatic carbocycles. The summed E-state index contributed by atoms with van der Waals surface area (Å²) in [5.74, 6) is 2.36. The number of phenols is 1. The number of rotatable bonds is 2. The van der Waals surface area contributed by atoms with Gasteiger partial charge in [-0.25, -0.2) is 0 Å². The highest BCUT2D eigenvalue weighted by molar-refractivity contribution is 5.85. The van der Waals surface area contributed by atoms with Gasteiger partial charge in [-0.1, -0.05) is 12.1 Å². The molecule has 6 heteroatoms. The third kappa shape index (κ3) is 3.05. The summed E-state index contributed by atoms with van der Waals surface area (Å²) in [6, 6.07) is 7.25. The van der Waals surface area contributed by atoms with Gasteiger partial charge in [0, 0.05) is 32.5 Å². The molecule has 0 radical (unpaired) electrons. The minimum atomic E-state index is 0. The van der Waals surface area contributed by atoms with E-state index in [1.807, 2.05) is 12.1 Å². The van der Waals surface area contributed by atoms with Gasteiger partial charge in [0.15, 0.2) is 0 Å². The van der Waals surface area contributed by atoms with Crippen molar-refractivity contribution < 1.29 is 5.11 Å². The lowest BCUT2D eigenvalue weighted by atomic mass is 10.1. The van der Waals surface area contributed by atoms with Crippen molar-refractivity contribution in [3.63, 3.8) is 0 Å². The van der Waals surface area contributed by atoms with Crippen LogP contribution < -0.4 is 5.32 Å². The summed E-state index contributed by atoms with van der Waals surface area (Å²) in [6.45, 7) is 2.86. The number of halogens is 1. The summed E-state index contributed by atoms with van der Waals surface area (Å²) >= 11 is 0. The van der Waals surface area contributed by atoms with Crippen LogP contribution in [0.1, 0.15) is 17.2 Å². The molecule has 0 aliphatic carbocycles. The summed E-state index contributed by atoms with van der Waals surface area (Å²) in [5.41, 5.74) is 1.14. The molecule has 3 rings (SSSR count). The number of fused-ring (bicyclic) bond motifs is 1. The number of nitrogens with one attached hydrogen (secondary N) is 1. The van der Waals surface area contributed by atoms with Crippen LogP contribution in [0.5, 0.6) is 5.75 Å². The molecule has 2 aromatic rings. The number of aromatic nitrogens is 3. The van der Waals surface area contributed by atoms with Gasteiger partial charge in [0.25, 0.3) is 0 Å². The Labute approximate surface area is 118 Å². The minimum Gasteiger partial charge on any atom is -0.508 e. The molecule has 0 amide bonds. The molecule has 1 aliphatic heterocycles. The highest BCUT2D eigenvalue weighted by atomic mass is 35.5. The molecule has 1 aromatic heterocycles. The van der Waals surface area contributed by atoms with E-state index in [2.05, 4.69) is 20.1 Å². The average Bonchev–Trinajstić information content (AvgIpc) is 2.62. The van der Waals surface area contributed by atoms with Gasteiger partial charge < -0.3 is 15.0 Å². The van der Waals surface area contributed by atoms with Crippen LogP contribution in [0.25, 0.3) is 0 Å². The van der Waals surface area contributed by atoms with E-state index in [4.69, 9.17) is 0 Å². The number of phenolic OH excluding ortho intramolecular Hbond substituents is 1. The van der Waals surface area contributed by atoms with Crippen molar-refractivity contribution in [2.45, 2.75) is 19.4 Å². The average molecular weight is 281 g/mol. The third-order valence-electron chi connectivity index (χ3n) is 3.24. The maximum Gasteiger partial charge on any atom is 0.137 e. The quantitative estimate of drug-likeness (QED) is 0.866. The Bertz CT molecular complexity index is 538. The maximum absolute atomic E-state index is 9.27. The fourth-order valence-corrected chi connectivity index (χ4v) is 2.26. The van der Waals surface area contributed by atoms with Crippen LogP contribution in [0, 0.1) is 0 Å². The lowest BCUT2D eigenvalue weighted by Gasteiger charge is -2.06. The molecule has 0 bridgehead atoms. The number of nitrogens with zero attached hydrogens (tertiary/aromatic N) is 3. The standard InChI is InChI=1S/C13H16N4O.ClH/c18-11-3-1-10(2-4-11)9-13-16-15-12-5-6-14-7-8-17(12)13;/h1-4,14,18H,5-9H2;1H. The summed E-state index contributed by atoms with van der Waals surface area (Å²) in [4.78, 5) is 0. The normalized spacial score (nSPS) is 14.3. The van der Waals surface area contributed by atoms with Crippen molar-refractivity contribution >= 4 is 12.4 Å². The number of hydrogen-bond donors (Lipinski definition) is 2. The molecule has 0 fully saturated rings. The van der Waals surface area contributed by atoms with E-state index in [9.17, 15) is 5.11 Å². The van der Waals surface area contributed by atoms with Crippen molar-refractivity contribution in [1.29, 1.82) is 0 Å². The van der Waals surface area contributed by atoms with Crippen LogP contribution in [-0.4, -0.2) is 33.0 Å². The van der Waals surface area contributed by atoms with Crippen LogP contribution >= 0.6 is 12.4 Å². The van der Waals surface area contributed by atoms with E-state index in [1.165, 1.54) is 0 Å². The Hall–Kier alpha value is -1.59. The molecule has 1 aliphatic rings. The van der Waals surface area contributed by atoms with Gasteiger partial charge in [0.1, 0.15) is 17.4 Å². The SMILES string of the molecule is Cl.Oc1ccc(Cc2nnc3n2CCNCC3)cc1. The van der Waals surface area contributed by atoms with Crippen molar-refractivity contribution in [3.05, 3.63) is 41.5 Å². The topological polar surface area (TPSA) is 63.0 Å². The molecular weight excluding hydrogens is 264 g/mol. The number of hydrogen-bond acceptors (Lipinski definition) is 4. The van der Waals surface area contributed by atoms with Crippen LogP contribution in [0.15, 0.2) is 24.3 Å². The van der Waals surface area contributed by atoms with Crippen molar-refractivity contribution in [3.8, 4) is 5.75 Å². The molecule has 0 atom stereocenters. The smallest absolute Gasteiger partial charge is 0.137 e. The van der Waals surface area contributed by atoms with Gasteiger partial charge in [-0.3, -0.25) is 0 Å². The third-order valence-corrected chi connectivity index (χ3v) is 3.24. The van der Waals surface area contributed by atoms with Crippen LogP contribution in [0.3, 0.4) is 0 Å². The van der Waals surface area contributed by atoms with E-state index in [0.717, 1.165) is 49.7 Å². The van der Waals surface area contributed by atoms with Crippen LogP contribution in [-0.2, 0) is 19.4 Å². The summed E-state index contributed by atoms with van der Waals surface area (Å²) in [6.07, 6.45) is 1.69. The second-order valence-electron chi connectivity index (χ2n) is 4.53. The first-order valence-electron chi connectivity index (χ1n) is 6.22. The predicted molar refractivity (Wildman–Crippen MR) is 74.8 cm³/mol. The van der Waals surface area contributed by atoms with E-state index in [1.54, 1.807) is 12.1 Å². The minimum absolute atomic E-state index is 0. The van der Waals surface area contributed by atoms with E-state index >= 15 is 0 Å². The molecule has 2 heterocycles. The fraction of sp³-hybridized carbons (Fsp3) is 0.385. The zero-order valence-corrected chi connectivity index (χ0v) is 11.4. The Morgan fingerprint density at radius 1 is 1.16 bits per heavy atom. The second-order valence-corrected chi connectivity index (χ2v) is 4.53. The monoisotopic (exact) mass is 280 g/mol. The molecule has 0 saturated heterocycles. The first kappa shape index (κ1) is 13.8. The van der Waals surface area contributed by atoms with Crippen LogP contribution in [0.4, 0.5) is 0 Å². The van der Waals surface area contributed by atoms with Gasteiger partial charge in [0.2, 0.25) is 0 Å². The van der Waals surface area contributed by atoms with E-state index in [0.29, 0.717) is 5.75 Å². The molecule has 0 saturated carbocycles. The molecule has 2 N–H and O–H groups in total. The maximum atomic E-state index is 9.27. The number of aromatic hydroxyl groups is 1. The highest BCUT2D eigenvalue weighted by Crippen LogP contribution is 2.14. The lowest BCUT2D eigenvalue weighted by molar-refractivity contribution is 0.475. The van der Waals surface area contributed by atoms with Crippen molar-refractivity contribution in [2.24, 2.45) is 0 Å². The summed E-state index contributed by atoms with van der Waals surface area (Å²) in [5, 5.41) is 21.2. The fourth-order valence-electron chi connectivity index (χ4n) is 2.26. The Balaban J connectivity index is 0.00000133.